The van der Waals surface area contributed by atoms with Crippen LogP contribution in [0.1, 0.15) is 30.4 Å². The Hall–Kier alpha value is -0.610. The summed E-state index contributed by atoms with van der Waals surface area (Å²) >= 11 is 0. The third-order valence-corrected chi connectivity index (χ3v) is 5.67. The highest BCUT2D eigenvalue weighted by atomic mass is 35.7. The van der Waals surface area contributed by atoms with E-state index < -0.39 is 9.05 Å². The van der Waals surface area contributed by atoms with Crippen molar-refractivity contribution < 1.29 is 12.8 Å². The Kier molecular flexibility index (Phi) is 2.40. The smallest absolute Gasteiger partial charge is 0.212 e. The average molecular weight is 289 g/mol. The summed E-state index contributed by atoms with van der Waals surface area (Å²) in [5, 5.41) is 0. The van der Waals surface area contributed by atoms with E-state index in [9.17, 15) is 12.8 Å². The van der Waals surface area contributed by atoms with Crippen molar-refractivity contribution in [1.29, 1.82) is 0 Å². The molecule has 0 saturated heterocycles. The van der Waals surface area contributed by atoms with Crippen LogP contribution in [0.4, 0.5) is 4.39 Å². The Labute approximate surface area is 111 Å². The minimum atomic E-state index is -3.45. The molecule has 0 heterocycles. The maximum Gasteiger partial charge on any atom is 0.233 e. The van der Waals surface area contributed by atoms with E-state index >= 15 is 0 Å². The van der Waals surface area contributed by atoms with E-state index in [-0.39, 0.29) is 22.4 Å². The number of hydrogen-bond donors (Lipinski definition) is 0. The fraction of sp³-hybridized carbons (Fsp3) is 0.538. The highest BCUT2D eigenvalue weighted by molar-refractivity contribution is 8.13. The lowest BCUT2D eigenvalue weighted by molar-refractivity contribution is -0.123. The average Bonchev–Trinajstić information content (AvgIpc) is 2.13. The van der Waals surface area contributed by atoms with Gasteiger partial charge in [-0.25, -0.2) is 12.8 Å². The number of benzene rings is 1. The van der Waals surface area contributed by atoms with E-state index in [1.807, 2.05) is 12.1 Å². The molecule has 3 aliphatic rings. The van der Waals surface area contributed by atoms with Crippen LogP contribution in [-0.2, 0) is 14.5 Å². The van der Waals surface area contributed by atoms with Gasteiger partial charge in [-0.05, 0) is 48.1 Å². The minimum absolute atomic E-state index is 0.0245. The summed E-state index contributed by atoms with van der Waals surface area (Å²) in [5.41, 5.74) is 1.08. The zero-order chi connectivity index (χ0) is 13.2. The quantitative estimate of drug-likeness (QED) is 0.801. The zero-order valence-corrected chi connectivity index (χ0v) is 11.6. The van der Waals surface area contributed by atoms with Crippen molar-refractivity contribution in [2.24, 2.45) is 5.41 Å². The van der Waals surface area contributed by atoms with E-state index in [4.69, 9.17) is 10.7 Å². The first kappa shape index (κ1) is 12.4. The number of hydrogen-bond acceptors (Lipinski definition) is 2. The Balaban J connectivity index is 1.82. The highest BCUT2D eigenvalue weighted by Crippen LogP contribution is 2.74. The molecule has 2 bridgehead atoms. The number of halogens is 2. The molecule has 2 nitrogen and oxygen atoms in total. The summed E-state index contributed by atoms with van der Waals surface area (Å²) in [6.45, 7) is 1.75. The van der Waals surface area contributed by atoms with Crippen molar-refractivity contribution in [3.8, 4) is 0 Å². The Morgan fingerprint density at radius 3 is 2.50 bits per heavy atom. The summed E-state index contributed by atoms with van der Waals surface area (Å²) in [6.07, 6.45) is 2.23. The Morgan fingerprint density at radius 2 is 1.94 bits per heavy atom. The van der Waals surface area contributed by atoms with Gasteiger partial charge < -0.3 is 0 Å². The summed E-state index contributed by atoms with van der Waals surface area (Å²) in [7, 11) is 1.85. The molecule has 1 aromatic carbocycles. The maximum absolute atomic E-state index is 14.1. The second kappa shape index (κ2) is 3.48. The minimum Gasteiger partial charge on any atom is -0.212 e. The summed E-state index contributed by atoms with van der Waals surface area (Å²) in [6, 6.07) is 5.43. The van der Waals surface area contributed by atoms with Gasteiger partial charge in [0.1, 0.15) is 5.82 Å². The topological polar surface area (TPSA) is 34.1 Å². The molecular weight excluding hydrogens is 275 g/mol. The van der Waals surface area contributed by atoms with Crippen LogP contribution in [0.25, 0.3) is 0 Å². The molecule has 0 radical (unpaired) electrons. The van der Waals surface area contributed by atoms with Crippen LogP contribution in [0.2, 0.25) is 0 Å². The second-order valence-electron chi connectivity index (χ2n) is 5.93. The number of rotatable bonds is 3. The van der Waals surface area contributed by atoms with E-state index in [0.29, 0.717) is 5.56 Å². The third kappa shape index (κ3) is 1.69. The Morgan fingerprint density at radius 1 is 1.33 bits per heavy atom. The van der Waals surface area contributed by atoms with Gasteiger partial charge in [-0.2, -0.15) is 0 Å². The van der Waals surface area contributed by atoms with Crippen molar-refractivity contribution in [3.05, 3.63) is 35.1 Å². The van der Waals surface area contributed by atoms with Crippen LogP contribution in [0.5, 0.6) is 0 Å². The molecule has 3 aliphatic carbocycles. The van der Waals surface area contributed by atoms with Crippen LogP contribution in [0.15, 0.2) is 18.2 Å². The van der Waals surface area contributed by atoms with Gasteiger partial charge >= 0.3 is 0 Å². The van der Waals surface area contributed by atoms with Crippen LogP contribution in [-0.4, -0.2) is 14.2 Å². The zero-order valence-electron chi connectivity index (χ0n) is 10.0. The standard InChI is InChI=1S/C13H14ClFO2S/c1-9-3-2-4-10(11(9)15)13-5-12(6-13,7-13)8-18(14,16)17/h2-4H,5-8H2,1H3. The fourth-order valence-corrected chi connectivity index (χ4v) is 5.59. The van der Waals surface area contributed by atoms with Gasteiger partial charge in [0, 0.05) is 10.7 Å². The molecule has 18 heavy (non-hydrogen) atoms. The maximum atomic E-state index is 14.1. The van der Waals surface area contributed by atoms with Crippen molar-refractivity contribution in [1.82, 2.24) is 0 Å². The van der Waals surface area contributed by atoms with Crippen LogP contribution in [0.3, 0.4) is 0 Å². The molecule has 4 rings (SSSR count). The van der Waals surface area contributed by atoms with Crippen LogP contribution in [0, 0.1) is 18.2 Å². The van der Waals surface area contributed by atoms with Crippen molar-refractivity contribution in [2.75, 3.05) is 5.75 Å². The van der Waals surface area contributed by atoms with Crippen molar-refractivity contribution >= 4 is 19.7 Å². The molecule has 0 aromatic heterocycles. The van der Waals surface area contributed by atoms with Gasteiger partial charge in [-0.15, -0.1) is 0 Å². The van der Waals surface area contributed by atoms with E-state index in [1.165, 1.54) is 0 Å². The fourth-order valence-electron chi connectivity index (χ4n) is 3.86. The lowest BCUT2D eigenvalue weighted by atomic mass is 9.34. The molecule has 0 unspecified atom stereocenters. The largest absolute Gasteiger partial charge is 0.233 e. The molecule has 0 aliphatic heterocycles. The SMILES string of the molecule is Cc1cccc(C23CC(CS(=O)(=O)Cl)(C2)C3)c1F. The van der Waals surface area contributed by atoms with Gasteiger partial charge in [-0.3, -0.25) is 0 Å². The Bertz CT molecular complexity index is 604. The first-order chi connectivity index (χ1) is 8.25. The summed E-state index contributed by atoms with van der Waals surface area (Å²) in [5.74, 6) is -0.115. The molecule has 0 N–H and O–H groups in total. The normalized spacial score (nSPS) is 33.7. The van der Waals surface area contributed by atoms with E-state index in [1.54, 1.807) is 13.0 Å². The van der Waals surface area contributed by atoms with E-state index in [0.717, 1.165) is 24.8 Å². The van der Waals surface area contributed by atoms with Crippen LogP contribution < -0.4 is 0 Å². The van der Waals surface area contributed by atoms with Gasteiger partial charge in [0.15, 0.2) is 0 Å². The predicted molar refractivity (Wildman–Crippen MR) is 68.7 cm³/mol. The molecular formula is C13H14ClFO2S. The van der Waals surface area contributed by atoms with Crippen LogP contribution >= 0.6 is 10.7 Å². The van der Waals surface area contributed by atoms with Gasteiger partial charge in [0.25, 0.3) is 0 Å². The first-order valence-corrected chi connectivity index (χ1v) is 8.41. The molecule has 1 aromatic rings. The van der Waals surface area contributed by atoms with Gasteiger partial charge in [0.05, 0.1) is 5.75 Å². The summed E-state index contributed by atoms with van der Waals surface area (Å²) in [4.78, 5) is 0. The molecule has 0 atom stereocenters. The number of aryl methyl sites for hydroxylation is 1. The van der Waals surface area contributed by atoms with Crippen molar-refractivity contribution in [3.63, 3.8) is 0 Å². The lowest BCUT2D eigenvalue weighted by Gasteiger charge is -2.71. The molecule has 0 amide bonds. The van der Waals surface area contributed by atoms with Gasteiger partial charge in [0.2, 0.25) is 9.05 Å². The summed E-state index contributed by atoms with van der Waals surface area (Å²) < 4.78 is 36.3. The molecule has 5 heteroatoms. The molecule has 3 saturated carbocycles. The molecule has 0 spiro atoms. The van der Waals surface area contributed by atoms with Gasteiger partial charge in [-0.1, -0.05) is 18.2 Å². The lowest BCUT2D eigenvalue weighted by Crippen LogP contribution is -2.66. The second-order valence-corrected chi connectivity index (χ2v) is 8.71. The first-order valence-electron chi connectivity index (χ1n) is 5.93. The predicted octanol–water partition coefficient (Wildman–Crippen LogP) is 3.12. The third-order valence-electron chi connectivity index (χ3n) is 4.38. The van der Waals surface area contributed by atoms with Crippen molar-refractivity contribution in [2.45, 2.75) is 31.6 Å². The van der Waals surface area contributed by atoms with E-state index in [2.05, 4.69) is 0 Å². The monoisotopic (exact) mass is 288 g/mol. The highest BCUT2D eigenvalue weighted by Gasteiger charge is 2.69. The molecule has 3 fully saturated rings. The molecule has 98 valence electrons.